The molecule has 0 spiro atoms. The Bertz CT molecular complexity index is 723. The number of unbranched alkanes of at least 4 members (excludes halogenated alkanes) is 4. The Morgan fingerprint density at radius 3 is 2.00 bits per heavy atom. The van der Waals surface area contributed by atoms with Crippen LogP contribution in [0.25, 0.3) is 10.8 Å². The maximum absolute atomic E-state index is 10.1. The lowest BCUT2D eigenvalue weighted by atomic mass is 10.0. The summed E-state index contributed by atoms with van der Waals surface area (Å²) >= 11 is 0. The van der Waals surface area contributed by atoms with Crippen molar-refractivity contribution in [2.75, 3.05) is 13.2 Å². The maximum atomic E-state index is 10.1. The van der Waals surface area contributed by atoms with Crippen molar-refractivity contribution in [1.82, 2.24) is 0 Å². The molecule has 0 bridgehead atoms. The molecule has 0 heterocycles. The first-order valence-electron chi connectivity index (χ1n) is 11.2. The number of ether oxygens (including phenoxy) is 2. The molecule has 0 aliphatic heterocycles. The average molecular weight is 403 g/mol. The fraction of sp³-hybridized carbons (Fsp3) is 0.600. The molecule has 2 atom stereocenters. The van der Waals surface area contributed by atoms with Crippen molar-refractivity contribution >= 4 is 10.8 Å². The molecule has 4 nitrogen and oxygen atoms in total. The van der Waals surface area contributed by atoms with E-state index in [9.17, 15) is 10.2 Å². The number of benzene rings is 2. The minimum atomic E-state index is -0.430. The highest BCUT2D eigenvalue weighted by molar-refractivity contribution is 5.88. The lowest BCUT2D eigenvalue weighted by Crippen LogP contribution is -2.17. The van der Waals surface area contributed by atoms with Crippen LogP contribution in [0.5, 0.6) is 11.5 Å². The minimum absolute atomic E-state index is 0.314. The van der Waals surface area contributed by atoms with Gasteiger partial charge in [-0.25, -0.2) is 0 Å². The van der Waals surface area contributed by atoms with Crippen LogP contribution in [0.4, 0.5) is 0 Å². The highest BCUT2D eigenvalue weighted by Crippen LogP contribution is 2.30. The Hall–Kier alpha value is -1.78. The number of aliphatic hydroxyl groups is 2. The number of hydrogen-bond donors (Lipinski definition) is 2. The van der Waals surface area contributed by atoms with E-state index in [1.807, 2.05) is 37.3 Å². The van der Waals surface area contributed by atoms with E-state index in [-0.39, 0.29) is 0 Å². The van der Waals surface area contributed by atoms with Gasteiger partial charge in [0.1, 0.15) is 24.7 Å². The Morgan fingerprint density at radius 1 is 0.793 bits per heavy atom. The zero-order valence-electron chi connectivity index (χ0n) is 18.3. The van der Waals surface area contributed by atoms with E-state index in [2.05, 4.69) is 13.8 Å². The Balaban J connectivity index is 1.96. The van der Waals surface area contributed by atoms with E-state index in [1.54, 1.807) is 0 Å². The molecule has 2 N–H and O–H groups in total. The third-order valence-electron chi connectivity index (χ3n) is 5.37. The third-order valence-corrected chi connectivity index (χ3v) is 5.37. The van der Waals surface area contributed by atoms with Gasteiger partial charge in [-0.1, -0.05) is 64.5 Å². The van der Waals surface area contributed by atoms with E-state index in [4.69, 9.17) is 9.47 Å². The standard InChI is InChI=1S/C25H38O4/c1-4-6-8-10-21(26)17-28-23-14-12-20-13-15-25(19(3)24(20)16-23)29-18-22(27)11-9-7-5-2/h12-16,21-22,26-27H,4-11,17-18H2,1-3H3. The van der Waals surface area contributed by atoms with Gasteiger partial charge in [0.05, 0.1) is 12.2 Å². The fourth-order valence-corrected chi connectivity index (χ4v) is 3.48. The second-order valence-electron chi connectivity index (χ2n) is 7.99. The predicted molar refractivity (Wildman–Crippen MR) is 120 cm³/mol. The van der Waals surface area contributed by atoms with Gasteiger partial charge in [-0.3, -0.25) is 0 Å². The number of rotatable bonds is 14. The maximum Gasteiger partial charge on any atom is 0.122 e. The van der Waals surface area contributed by atoms with E-state index < -0.39 is 12.2 Å². The summed E-state index contributed by atoms with van der Waals surface area (Å²) in [7, 11) is 0. The molecule has 0 fully saturated rings. The first-order valence-corrected chi connectivity index (χ1v) is 11.2. The number of aryl methyl sites for hydroxylation is 1. The van der Waals surface area contributed by atoms with E-state index in [0.29, 0.717) is 13.2 Å². The van der Waals surface area contributed by atoms with E-state index in [0.717, 1.165) is 79.2 Å². The van der Waals surface area contributed by atoms with Crippen LogP contribution in [0.15, 0.2) is 30.3 Å². The third kappa shape index (κ3) is 7.87. The Labute approximate surface area is 175 Å². The van der Waals surface area contributed by atoms with E-state index >= 15 is 0 Å². The second-order valence-corrected chi connectivity index (χ2v) is 7.99. The van der Waals surface area contributed by atoms with Crippen molar-refractivity contribution in [2.24, 2.45) is 0 Å². The molecular weight excluding hydrogens is 364 g/mol. The van der Waals surface area contributed by atoms with Crippen LogP contribution in [0.1, 0.15) is 70.8 Å². The van der Waals surface area contributed by atoms with Gasteiger partial charge in [-0.05, 0) is 54.3 Å². The van der Waals surface area contributed by atoms with Crippen molar-refractivity contribution in [3.8, 4) is 11.5 Å². The highest BCUT2D eigenvalue weighted by Gasteiger charge is 2.10. The molecule has 0 aliphatic rings. The monoisotopic (exact) mass is 402 g/mol. The molecular formula is C25H38O4. The lowest BCUT2D eigenvalue weighted by Gasteiger charge is -2.16. The van der Waals surface area contributed by atoms with Crippen molar-refractivity contribution in [2.45, 2.75) is 84.3 Å². The summed E-state index contributed by atoms with van der Waals surface area (Å²) in [6.45, 7) is 6.98. The quantitative estimate of drug-likeness (QED) is 0.393. The van der Waals surface area contributed by atoms with Gasteiger partial charge >= 0.3 is 0 Å². The molecule has 162 valence electrons. The number of fused-ring (bicyclic) bond motifs is 1. The van der Waals surface area contributed by atoms with Gasteiger partial charge in [0.15, 0.2) is 0 Å². The zero-order valence-corrected chi connectivity index (χ0v) is 18.3. The summed E-state index contributed by atoms with van der Waals surface area (Å²) in [5, 5.41) is 22.4. The predicted octanol–water partition coefficient (Wildman–Crippen LogP) is 5.79. The Morgan fingerprint density at radius 2 is 1.38 bits per heavy atom. The van der Waals surface area contributed by atoms with Gasteiger partial charge in [-0.2, -0.15) is 0 Å². The smallest absolute Gasteiger partial charge is 0.122 e. The summed E-state index contributed by atoms with van der Waals surface area (Å²) in [6, 6.07) is 9.98. The SMILES string of the molecule is CCCCCC(O)COc1ccc2ccc(OCC(O)CCCCC)c(C)c2c1. The van der Waals surface area contributed by atoms with Crippen molar-refractivity contribution in [3.05, 3.63) is 35.9 Å². The molecule has 4 heteroatoms. The summed E-state index contributed by atoms with van der Waals surface area (Å²) in [5.74, 6) is 1.55. The number of hydrogen-bond acceptors (Lipinski definition) is 4. The van der Waals surface area contributed by atoms with Crippen molar-refractivity contribution < 1.29 is 19.7 Å². The zero-order chi connectivity index (χ0) is 21.1. The largest absolute Gasteiger partial charge is 0.491 e. The molecule has 2 aromatic rings. The topological polar surface area (TPSA) is 58.9 Å². The molecule has 0 aliphatic carbocycles. The lowest BCUT2D eigenvalue weighted by molar-refractivity contribution is 0.0973. The van der Waals surface area contributed by atoms with Crippen LogP contribution < -0.4 is 9.47 Å². The number of aliphatic hydroxyl groups excluding tert-OH is 2. The van der Waals surface area contributed by atoms with Crippen LogP contribution >= 0.6 is 0 Å². The van der Waals surface area contributed by atoms with Crippen LogP contribution in [-0.4, -0.2) is 35.6 Å². The summed E-state index contributed by atoms with van der Waals surface area (Å²) in [4.78, 5) is 0. The van der Waals surface area contributed by atoms with Crippen molar-refractivity contribution in [3.63, 3.8) is 0 Å². The molecule has 0 amide bonds. The van der Waals surface area contributed by atoms with Crippen LogP contribution in [0.2, 0.25) is 0 Å². The average Bonchev–Trinajstić information content (AvgIpc) is 2.72. The molecule has 0 saturated carbocycles. The van der Waals surface area contributed by atoms with Crippen molar-refractivity contribution in [1.29, 1.82) is 0 Å². The molecule has 2 rings (SSSR count). The van der Waals surface area contributed by atoms with Gasteiger partial charge in [0.2, 0.25) is 0 Å². The first kappa shape index (κ1) is 23.5. The summed E-state index contributed by atoms with van der Waals surface area (Å²) < 4.78 is 11.7. The molecule has 29 heavy (non-hydrogen) atoms. The minimum Gasteiger partial charge on any atom is -0.491 e. The summed E-state index contributed by atoms with van der Waals surface area (Å²) in [6.07, 6.45) is 7.34. The fourth-order valence-electron chi connectivity index (χ4n) is 3.48. The van der Waals surface area contributed by atoms with Gasteiger partial charge in [0, 0.05) is 0 Å². The first-order chi connectivity index (χ1) is 14.0. The molecule has 0 saturated heterocycles. The van der Waals surface area contributed by atoms with Gasteiger partial charge in [0.25, 0.3) is 0 Å². The van der Waals surface area contributed by atoms with Crippen LogP contribution in [0, 0.1) is 6.92 Å². The van der Waals surface area contributed by atoms with E-state index in [1.165, 1.54) is 0 Å². The van der Waals surface area contributed by atoms with Crippen LogP contribution in [-0.2, 0) is 0 Å². The highest BCUT2D eigenvalue weighted by atomic mass is 16.5. The van der Waals surface area contributed by atoms with Gasteiger partial charge < -0.3 is 19.7 Å². The molecule has 2 unspecified atom stereocenters. The molecule has 2 aromatic carbocycles. The molecule has 0 aromatic heterocycles. The summed E-state index contributed by atoms with van der Waals surface area (Å²) in [5.41, 5.74) is 1.04. The normalized spacial score (nSPS) is 13.4. The second kappa shape index (κ2) is 12.7. The van der Waals surface area contributed by atoms with Crippen LogP contribution in [0.3, 0.4) is 0 Å². The Kier molecular flexibility index (Phi) is 10.3. The molecule has 0 radical (unpaired) electrons. The van der Waals surface area contributed by atoms with Gasteiger partial charge in [-0.15, -0.1) is 0 Å².